The molecule has 3 nitrogen and oxygen atoms in total. The van der Waals surface area contributed by atoms with E-state index in [2.05, 4.69) is 21.2 Å². The van der Waals surface area contributed by atoms with Crippen LogP contribution in [0.5, 0.6) is 0 Å². The Kier molecular flexibility index (Phi) is 4.57. The van der Waals surface area contributed by atoms with Crippen LogP contribution >= 0.6 is 15.9 Å². The van der Waals surface area contributed by atoms with Gasteiger partial charge in [0.05, 0.1) is 0 Å². The van der Waals surface area contributed by atoms with Gasteiger partial charge in [-0.2, -0.15) is 0 Å². The summed E-state index contributed by atoms with van der Waals surface area (Å²) in [7, 11) is 0. The van der Waals surface area contributed by atoms with Crippen LogP contribution in [0.2, 0.25) is 0 Å². The highest BCUT2D eigenvalue weighted by Crippen LogP contribution is 2.29. The molecule has 0 spiro atoms. The van der Waals surface area contributed by atoms with Crippen molar-refractivity contribution in [2.24, 2.45) is 0 Å². The molecule has 0 saturated heterocycles. The maximum atomic E-state index is 11.7. The van der Waals surface area contributed by atoms with Crippen LogP contribution < -0.4 is 5.32 Å². The molecular weight excluding hydrogens is 318 g/mol. The standard InChI is InChI=1S/C16H16BrNO2/c1-16(15(19)20,13-9-5-6-10-14(13)17)18-11-12-7-3-2-4-8-12/h2-10,18H,11H2,1H3,(H,19,20). The first kappa shape index (κ1) is 14.8. The second-order valence-electron chi connectivity index (χ2n) is 4.75. The highest BCUT2D eigenvalue weighted by atomic mass is 79.9. The first-order valence-corrected chi connectivity index (χ1v) is 7.10. The molecule has 1 atom stereocenters. The fraction of sp³-hybridized carbons (Fsp3) is 0.188. The van der Waals surface area contributed by atoms with Crippen LogP contribution in [0.3, 0.4) is 0 Å². The summed E-state index contributed by atoms with van der Waals surface area (Å²) in [4.78, 5) is 11.7. The van der Waals surface area contributed by atoms with Crippen molar-refractivity contribution in [2.75, 3.05) is 0 Å². The van der Waals surface area contributed by atoms with Crippen LogP contribution in [-0.2, 0) is 16.9 Å². The Bertz CT molecular complexity index is 600. The highest BCUT2D eigenvalue weighted by molar-refractivity contribution is 9.10. The molecular formula is C16H16BrNO2. The number of carbonyl (C=O) groups is 1. The van der Waals surface area contributed by atoms with E-state index in [1.807, 2.05) is 54.6 Å². The molecule has 104 valence electrons. The van der Waals surface area contributed by atoms with E-state index in [4.69, 9.17) is 0 Å². The normalized spacial score (nSPS) is 13.7. The third-order valence-electron chi connectivity index (χ3n) is 3.33. The number of carboxylic acids is 1. The smallest absolute Gasteiger partial charge is 0.328 e. The van der Waals surface area contributed by atoms with Gasteiger partial charge in [-0.25, -0.2) is 4.79 Å². The average molecular weight is 334 g/mol. The van der Waals surface area contributed by atoms with Crippen molar-refractivity contribution >= 4 is 21.9 Å². The van der Waals surface area contributed by atoms with E-state index in [0.717, 1.165) is 10.0 Å². The lowest BCUT2D eigenvalue weighted by molar-refractivity contribution is -0.144. The highest BCUT2D eigenvalue weighted by Gasteiger charge is 2.36. The second-order valence-corrected chi connectivity index (χ2v) is 5.60. The van der Waals surface area contributed by atoms with Gasteiger partial charge in [0.1, 0.15) is 5.54 Å². The van der Waals surface area contributed by atoms with Crippen LogP contribution in [0, 0.1) is 0 Å². The van der Waals surface area contributed by atoms with E-state index in [9.17, 15) is 9.90 Å². The lowest BCUT2D eigenvalue weighted by atomic mass is 9.91. The molecule has 0 aromatic heterocycles. The summed E-state index contributed by atoms with van der Waals surface area (Å²) in [5.74, 6) is -0.902. The fourth-order valence-electron chi connectivity index (χ4n) is 2.03. The lowest BCUT2D eigenvalue weighted by Gasteiger charge is -2.28. The number of carboxylic acid groups (broad SMARTS) is 1. The van der Waals surface area contributed by atoms with Crippen molar-refractivity contribution in [1.82, 2.24) is 5.32 Å². The molecule has 0 heterocycles. The van der Waals surface area contributed by atoms with Gasteiger partial charge in [0, 0.05) is 11.0 Å². The summed E-state index contributed by atoms with van der Waals surface area (Å²) in [6.07, 6.45) is 0. The maximum absolute atomic E-state index is 11.7. The summed E-state index contributed by atoms with van der Waals surface area (Å²) >= 11 is 3.42. The van der Waals surface area contributed by atoms with Crippen LogP contribution in [0.1, 0.15) is 18.1 Å². The molecule has 1 unspecified atom stereocenters. The van der Waals surface area contributed by atoms with Crippen molar-refractivity contribution in [1.29, 1.82) is 0 Å². The summed E-state index contributed by atoms with van der Waals surface area (Å²) in [6.45, 7) is 2.17. The van der Waals surface area contributed by atoms with Gasteiger partial charge in [-0.05, 0) is 24.1 Å². The van der Waals surface area contributed by atoms with Crippen molar-refractivity contribution in [3.05, 3.63) is 70.2 Å². The van der Waals surface area contributed by atoms with Crippen LogP contribution in [0.15, 0.2) is 59.1 Å². The quantitative estimate of drug-likeness (QED) is 0.879. The van der Waals surface area contributed by atoms with Crippen molar-refractivity contribution in [3.8, 4) is 0 Å². The molecule has 0 amide bonds. The first-order valence-electron chi connectivity index (χ1n) is 6.31. The number of benzene rings is 2. The van der Waals surface area contributed by atoms with E-state index in [-0.39, 0.29) is 0 Å². The molecule has 0 aliphatic rings. The van der Waals surface area contributed by atoms with E-state index in [1.54, 1.807) is 6.92 Å². The van der Waals surface area contributed by atoms with Crippen LogP contribution in [0.4, 0.5) is 0 Å². The Hall–Kier alpha value is -1.65. The van der Waals surface area contributed by atoms with Gasteiger partial charge in [-0.15, -0.1) is 0 Å². The minimum Gasteiger partial charge on any atom is -0.480 e. The molecule has 0 aliphatic heterocycles. The Morgan fingerprint density at radius 3 is 2.35 bits per heavy atom. The van der Waals surface area contributed by atoms with Crippen molar-refractivity contribution in [3.63, 3.8) is 0 Å². The summed E-state index contributed by atoms with van der Waals surface area (Å²) in [5.41, 5.74) is 0.617. The van der Waals surface area contributed by atoms with Gasteiger partial charge in [0.15, 0.2) is 0 Å². The van der Waals surface area contributed by atoms with E-state index in [0.29, 0.717) is 12.1 Å². The Labute approximate surface area is 126 Å². The first-order chi connectivity index (χ1) is 9.54. The number of nitrogens with one attached hydrogen (secondary N) is 1. The summed E-state index contributed by atoms with van der Waals surface area (Å²) < 4.78 is 0.783. The molecule has 0 fully saturated rings. The average Bonchev–Trinajstić information content (AvgIpc) is 2.46. The molecule has 20 heavy (non-hydrogen) atoms. The number of aliphatic carboxylic acids is 1. The zero-order valence-corrected chi connectivity index (χ0v) is 12.7. The third kappa shape index (κ3) is 3.08. The molecule has 2 aromatic carbocycles. The largest absolute Gasteiger partial charge is 0.480 e. The second kappa shape index (κ2) is 6.20. The Morgan fingerprint density at radius 2 is 1.75 bits per heavy atom. The number of hydrogen-bond donors (Lipinski definition) is 2. The van der Waals surface area contributed by atoms with E-state index in [1.165, 1.54) is 0 Å². The topological polar surface area (TPSA) is 49.3 Å². The van der Waals surface area contributed by atoms with Gasteiger partial charge in [0.2, 0.25) is 0 Å². The predicted molar refractivity (Wildman–Crippen MR) is 82.4 cm³/mol. The van der Waals surface area contributed by atoms with Gasteiger partial charge in [-0.1, -0.05) is 64.5 Å². The third-order valence-corrected chi connectivity index (χ3v) is 4.02. The zero-order valence-electron chi connectivity index (χ0n) is 11.1. The van der Waals surface area contributed by atoms with Gasteiger partial charge in [0.25, 0.3) is 0 Å². The SMILES string of the molecule is CC(NCc1ccccc1)(C(=O)O)c1ccccc1Br. The molecule has 2 N–H and O–H groups in total. The predicted octanol–water partition coefficient (Wildman–Crippen LogP) is 3.54. The lowest BCUT2D eigenvalue weighted by Crippen LogP contribution is -2.46. The summed E-state index contributed by atoms with van der Waals surface area (Å²) in [5, 5.41) is 12.7. The molecule has 0 saturated carbocycles. The minimum atomic E-state index is -1.14. The van der Waals surface area contributed by atoms with Crippen molar-refractivity contribution < 1.29 is 9.90 Å². The number of hydrogen-bond acceptors (Lipinski definition) is 2. The number of rotatable bonds is 5. The zero-order chi connectivity index (χ0) is 14.6. The summed E-state index contributed by atoms with van der Waals surface area (Å²) in [6, 6.07) is 17.1. The molecule has 0 bridgehead atoms. The molecule has 0 aliphatic carbocycles. The van der Waals surface area contributed by atoms with Gasteiger partial charge >= 0.3 is 5.97 Å². The van der Waals surface area contributed by atoms with Crippen LogP contribution in [0.25, 0.3) is 0 Å². The molecule has 4 heteroatoms. The molecule has 2 rings (SSSR count). The monoisotopic (exact) mass is 333 g/mol. The van der Waals surface area contributed by atoms with E-state index >= 15 is 0 Å². The van der Waals surface area contributed by atoms with E-state index < -0.39 is 11.5 Å². The maximum Gasteiger partial charge on any atom is 0.328 e. The molecule has 2 aromatic rings. The fourth-order valence-corrected chi connectivity index (χ4v) is 2.71. The van der Waals surface area contributed by atoms with Gasteiger partial charge < -0.3 is 5.11 Å². The van der Waals surface area contributed by atoms with Crippen molar-refractivity contribution in [2.45, 2.75) is 19.0 Å². The minimum absolute atomic E-state index is 0.491. The van der Waals surface area contributed by atoms with Crippen LogP contribution in [-0.4, -0.2) is 11.1 Å². The van der Waals surface area contributed by atoms with Gasteiger partial charge in [-0.3, -0.25) is 5.32 Å². The Balaban J connectivity index is 2.27. The Morgan fingerprint density at radius 1 is 1.15 bits per heavy atom. The molecule has 0 radical (unpaired) electrons. The number of halogens is 1.